The van der Waals surface area contributed by atoms with Crippen LogP contribution < -0.4 is 10.6 Å². The normalized spacial score (nSPS) is 25.6. The predicted octanol–water partition coefficient (Wildman–Crippen LogP) is 2.92. The summed E-state index contributed by atoms with van der Waals surface area (Å²) in [4.78, 5) is 29.5. The molecule has 0 saturated carbocycles. The summed E-state index contributed by atoms with van der Waals surface area (Å²) in [6.45, 7) is 1.26. The summed E-state index contributed by atoms with van der Waals surface area (Å²) in [5.41, 5.74) is 3.11. The van der Waals surface area contributed by atoms with Gasteiger partial charge in [-0.3, -0.25) is 4.79 Å². The van der Waals surface area contributed by atoms with Gasteiger partial charge in [-0.25, -0.2) is 9.18 Å². The molecule has 8 heteroatoms. The Kier molecular flexibility index (Phi) is 4.89. The number of unbranched alkanes of at least 4 members (excludes halogenated alkanes) is 1. The Bertz CT molecular complexity index is 962. The summed E-state index contributed by atoms with van der Waals surface area (Å²) in [5, 5.41) is 7.30. The molecular weight excluding hydrogens is 391 g/mol. The van der Waals surface area contributed by atoms with Crippen molar-refractivity contribution < 1.29 is 14.0 Å². The minimum atomic E-state index is -0.247. The number of amides is 3. The third-order valence-electron chi connectivity index (χ3n) is 6.36. The molecule has 0 radical (unpaired) electrons. The maximum Gasteiger partial charge on any atom is 0.315 e. The van der Waals surface area contributed by atoms with Crippen LogP contribution in [0.25, 0.3) is 10.9 Å². The largest absolute Gasteiger partial charge is 0.358 e. The SMILES string of the molecule is O=C1NC2CSC(CCCCC(=O)N3CCc4[nH]c5ccc(F)cc5c4C3)C2N1. The molecule has 2 saturated heterocycles. The number of aromatic nitrogens is 1. The molecule has 3 atom stereocenters. The van der Waals surface area contributed by atoms with Gasteiger partial charge >= 0.3 is 6.03 Å². The van der Waals surface area contributed by atoms with Crippen LogP contribution in [0.5, 0.6) is 0 Å². The number of thioether (sulfide) groups is 1. The number of nitrogens with zero attached hydrogens (tertiary/aromatic N) is 1. The topological polar surface area (TPSA) is 77.2 Å². The number of nitrogens with one attached hydrogen (secondary N) is 3. The summed E-state index contributed by atoms with van der Waals surface area (Å²) >= 11 is 1.91. The first-order valence-corrected chi connectivity index (χ1v) is 11.4. The smallest absolute Gasteiger partial charge is 0.315 e. The van der Waals surface area contributed by atoms with Crippen LogP contribution in [0.2, 0.25) is 0 Å². The van der Waals surface area contributed by atoms with E-state index >= 15 is 0 Å². The zero-order valence-corrected chi connectivity index (χ0v) is 17.0. The third-order valence-corrected chi connectivity index (χ3v) is 7.87. The highest BCUT2D eigenvalue weighted by atomic mass is 32.2. The van der Waals surface area contributed by atoms with Crippen LogP contribution in [0, 0.1) is 5.82 Å². The van der Waals surface area contributed by atoms with E-state index < -0.39 is 0 Å². The minimum absolute atomic E-state index is 0.0536. The van der Waals surface area contributed by atoms with E-state index in [2.05, 4.69) is 15.6 Å². The lowest BCUT2D eigenvalue weighted by Crippen LogP contribution is -2.37. The molecular formula is C21H25FN4O2S. The Morgan fingerprint density at radius 3 is 3.07 bits per heavy atom. The fourth-order valence-electron chi connectivity index (χ4n) is 4.82. The highest BCUT2D eigenvalue weighted by molar-refractivity contribution is 8.00. The fraction of sp³-hybridized carbons (Fsp3) is 0.524. The molecule has 2 fully saturated rings. The van der Waals surface area contributed by atoms with Crippen molar-refractivity contribution in [1.82, 2.24) is 20.5 Å². The zero-order valence-electron chi connectivity index (χ0n) is 16.2. The molecule has 5 rings (SSSR count). The standard InChI is InChI=1S/C21H25FN4O2S/c22-12-5-6-15-13(9-12)14-10-26(8-7-16(14)23-15)19(27)4-2-1-3-18-20-17(11-29-18)24-21(28)25-20/h5-6,9,17-18,20,23H,1-4,7-8,10-11H2,(H2,24,25,28). The molecule has 0 bridgehead atoms. The summed E-state index contributed by atoms with van der Waals surface area (Å²) in [6, 6.07) is 5.21. The average molecular weight is 417 g/mol. The summed E-state index contributed by atoms with van der Waals surface area (Å²) in [6.07, 6.45) is 4.20. The number of rotatable bonds is 5. The number of benzene rings is 1. The summed E-state index contributed by atoms with van der Waals surface area (Å²) in [7, 11) is 0. The Morgan fingerprint density at radius 2 is 2.17 bits per heavy atom. The van der Waals surface area contributed by atoms with Crippen molar-refractivity contribution in [2.45, 2.75) is 56.0 Å². The first-order valence-electron chi connectivity index (χ1n) is 10.3. The molecule has 3 amide bonds. The van der Waals surface area contributed by atoms with E-state index in [-0.39, 0.29) is 29.8 Å². The van der Waals surface area contributed by atoms with Gasteiger partial charge in [0.15, 0.2) is 0 Å². The lowest BCUT2D eigenvalue weighted by atomic mass is 10.0. The Labute approximate surface area is 173 Å². The number of hydrogen-bond acceptors (Lipinski definition) is 3. The van der Waals surface area contributed by atoms with E-state index in [1.807, 2.05) is 16.7 Å². The minimum Gasteiger partial charge on any atom is -0.358 e. The molecule has 3 N–H and O–H groups in total. The van der Waals surface area contributed by atoms with Crippen LogP contribution in [-0.2, 0) is 17.8 Å². The zero-order chi connectivity index (χ0) is 20.0. The van der Waals surface area contributed by atoms with Crippen LogP contribution in [0.3, 0.4) is 0 Å². The predicted molar refractivity (Wildman–Crippen MR) is 111 cm³/mol. The molecule has 1 aromatic carbocycles. The maximum atomic E-state index is 13.7. The van der Waals surface area contributed by atoms with Gasteiger partial charge in [-0.15, -0.1) is 0 Å². The van der Waals surface area contributed by atoms with Crippen LogP contribution in [0.1, 0.15) is 36.9 Å². The molecule has 3 aliphatic heterocycles. The van der Waals surface area contributed by atoms with Crippen molar-refractivity contribution >= 4 is 34.6 Å². The maximum absolute atomic E-state index is 13.7. The molecule has 3 unspecified atom stereocenters. The van der Waals surface area contributed by atoms with E-state index in [0.29, 0.717) is 24.8 Å². The first kappa shape index (κ1) is 18.8. The van der Waals surface area contributed by atoms with Gasteiger partial charge in [0.05, 0.1) is 12.1 Å². The molecule has 29 heavy (non-hydrogen) atoms. The first-order chi connectivity index (χ1) is 14.1. The Balaban J connectivity index is 1.13. The van der Waals surface area contributed by atoms with Crippen LogP contribution in [-0.4, -0.2) is 51.5 Å². The second kappa shape index (κ2) is 7.55. The van der Waals surface area contributed by atoms with Crippen molar-refractivity contribution in [3.63, 3.8) is 0 Å². The van der Waals surface area contributed by atoms with Gasteiger partial charge in [0.1, 0.15) is 5.82 Å². The third kappa shape index (κ3) is 3.58. The van der Waals surface area contributed by atoms with E-state index in [0.717, 1.165) is 53.6 Å². The summed E-state index contributed by atoms with van der Waals surface area (Å²) < 4.78 is 13.7. The van der Waals surface area contributed by atoms with Gasteiger partial charge in [-0.05, 0) is 31.0 Å². The molecule has 2 aromatic rings. The van der Waals surface area contributed by atoms with Crippen molar-refractivity contribution in [2.24, 2.45) is 0 Å². The second-order valence-corrected chi connectivity index (χ2v) is 9.48. The van der Waals surface area contributed by atoms with Crippen LogP contribution in [0.15, 0.2) is 18.2 Å². The number of fused-ring (bicyclic) bond motifs is 4. The molecule has 0 spiro atoms. The monoisotopic (exact) mass is 416 g/mol. The molecule has 154 valence electrons. The quantitative estimate of drug-likeness (QED) is 0.518. The number of hydrogen-bond donors (Lipinski definition) is 3. The van der Waals surface area contributed by atoms with Gasteiger partial charge in [0, 0.05) is 59.1 Å². The van der Waals surface area contributed by atoms with Gasteiger partial charge in [-0.2, -0.15) is 11.8 Å². The van der Waals surface area contributed by atoms with Gasteiger partial charge in [0.25, 0.3) is 0 Å². The molecule has 1 aromatic heterocycles. The Hall–Kier alpha value is -2.22. The molecule has 6 nitrogen and oxygen atoms in total. The highest BCUT2D eigenvalue weighted by Gasteiger charge is 2.42. The van der Waals surface area contributed by atoms with E-state index in [4.69, 9.17) is 0 Å². The fourth-order valence-corrected chi connectivity index (χ4v) is 6.37. The van der Waals surface area contributed by atoms with Gasteiger partial charge in [-0.1, -0.05) is 6.42 Å². The number of carbonyl (C=O) groups excluding carboxylic acids is 2. The molecule has 0 aliphatic carbocycles. The number of urea groups is 1. The number of H-pyrrole nitrogens is 1. The van der Waals surface area contributed by atoms with Gasteiger partial charge in [0.2, 0.25) is 5.91 Å². The molecule has 4 heterocycles. The van der Waals surface area contributed by atoms with Crippen molar-refractivity contribution in [3.8, 4) is 0 Å². The second-order valence-electron chi connectivity index (χ2n) is 8.20. The van der Waals surface area contributed by atoms with Gasteiger partial charge < -0.3 is 20.5 Å². The van der Waals surface area contributed by atoms with E-state index in [1.54, 1.807) is 12.1 Å². The van der Waals surface area contributed by atoms with Crippen molar-refractivity contribution in [1.29, 1.82) is 0 Å². The number of halogens is 1. The molecule has 3 aliphatic rings. The van der Waals surface area contributed by atoms with Crippen molar-refractivity contribution in [2.75, 3.05) is 12.3 Å². The van der Waals surface area contributed by atoms with Crippen molar-refractivity contribution in [3.05, 3.63) is 35.3 Å². The van der Waals surface area contributed by atoms with Crippen LogP contribution in [0.4, 0.5) is 9.18 Å². The van der Waals surface area contributed by atoms with E-state index in [9.17, 15) is 14.0 Å². The highest BCUT2D eigenvalue weighted by Crippen LogP contribution is 2.33. The van der Waals surface area contributed by atoms with E-state index in [1.165, 1.54) is 6.07 Å². The lowest BCUT2D eigenvalue weighted by Gasteiger charge is -2.27. The Morgan fingerprint density at radius 1 is 1.28 bits per heavy atom. The average Bonchev–Trinajstić information content (AvgIpc) is 3.37. The number of carbonyl (C=O) groups is 2. The summed E-state index contributed by atoms with van der Waals surface area (Å²) in [5.74, 6) is 0.895. The number of aromatic amines is 1. The lowest BCUT2D eigenvalue weighted by molar-refractivity contribution is -0.132. The van der Waals surface area contributed by atoms with Crippen LogP contribution >= 0.6 is 11.8 Å².